The van der Waals surface area contributed by atoms with Crippen molar-refractivity contribution in [2.24, 2.45) is 10.7 Å². The molecule has 1 aromatic carbocycles. The fourth-order valence-corrected chi connectivity index (χ4v) is 1.51. The highest BCUT2D eigenvalue weighted by molar-refractivity contribution is 8.13. The van der Waals surface area contributed by atoms with Crippen molar-refractivity contribution < 1.29 is 22.4 Å². The molecule has 0 aliphatic rings. The number of nitrogens with zero attached hydrogens (tertiary/aromatic N) is 1. The number of amidine groups is 1. The van der Waals surface area contributed by atoms with Gasteiger partial charge in [-0.3, -0.25) is 4.79 Å². The maximum atomic E-state index is 13.2. The number of hydrogen-bond donors (Lipinski definition) is 1. The molecule has 1 amide bonds. The molecule has 2 N–H and O–H groups in total. The minimum absolute atomic E-state index is 0.174. The third-order valence-corrected chi connectivity index (χ3v) is 2.51. The van der Waals surface area contributed by atoms with Crippen LogP contribution in [0.1, 0.15) is 17.3 Å². The third-order valence-electron chi connectivity index (χ3n) is 1.84. The first kappa shape index (κ1) is 14.5. The molecule has 0 fully saturated rings. The zero-order valence-corrected chi connectivity index (χ0v) is 9.95. The Balaban J connectivity index is 3.19. The number of carbonyl (C=O) groups is 1. The standard InChI is InChI=1S/C10H8F4N2OS/c1-2-18-10(15)16-9(17)4-3-5(11)7(13)8(14)6(4)12/h3H,2H2,1H3,(H2,15,16,17). The first-order valence-electron chi connectivity index (χ1n) is 4.72. The summed E-state index contributed by atoms with van der Waals surface area (Å²) in [6, 6.07) is 0.240. The van der Waals surface area contributed by atoms with E-state index in [0.29, 0.717) is 5.75 Å². The SMILES string of the molecule is CCSC(N)=NC(=O)c1cc(F)c(F)c(F)c1F. The summed E-state index contributed by atoms with van der Waals surface area (Å²) in [4.78, 5) is 14.6. The number of nitrogens with two attached hydrogens (primary N) is 1. The van der Waals surface area contributed by atoms with Crippen LogP contribution in [0.15, 0.2) is 11.1 Å². The van der Waals surface area contributed by atoms with E-state index in [1.165, 1.54) is 0 Å². The summed E-state index contributed by atoms with van der Waals surface area (Å²) in [6.07, 6.45) is 0. The van der Waals surface area contributed by atoms with Gasteiger partial charge in [-0.15, -0.1) is 0 Å². The van der Waals surface area contributed by atoms with Crippen molar-refractivity contribution in [1.82, 2.24) is 0 Å². The normalized spacial score (nSPS) is 11.7. The van der Waals surface area contributed by atoms with Gasteiger partial charge in [0, 0.05) is 0 Å². The summed E-state index contributed by atoms with van der Waals surface area (Å²) in [5, 5.41) is -0.174. The highest BCUT2D eigenvalue weighted by Gasteiger charge is 2.22. The number of aliphatic imine (C=N–C) groups is 1. The number of benzene rings is 1. The van der Waals surface area contributed by atoms with Gasteiger partial charge >= 0.3 is 0 Å². The minimum Gasteiger partial charge on any atom is -0.378 e. The molecule has 0 atom stereocenters. The molecule has 0 aliphatic heterocycles. The quantitative estimate of drug-likeness (QED) is 0.298. The summed E-state index contributed by atoms with van der Waals surface area (Å²) in [7, 11) is 0. The predicted molar refractivity (Wildman–Crippen MR) is 60.4 cm³/mol. The third kappa shape index (κ3) is 3.00. The Bertz CT molecular complexity index is 519. The maximum absolute atomic E-state index is 13.2. The number of rotatable bonds is 2. The fraction of sp³-hybridized carbons (Fsp3) is 0.200. The molecular weight excluding hydrogens is 272 g/mol. The van der Waals surface area contributed by atoms with Crippen molar-refractivity contribution in [2.75, 3.05) is 5.75 Å². The molecule has 0 spiro atoms. The van der Waals surface area contributed by atoms with Crippen molar-refractivity contribution in [1.29, 1.82) is 0 Å². The average molecular weight is 280 g/mol. The largest absolute Gasteiger partial charge is 0.378 e. The Kier molecular flexibility index (Phi) is 4.71. The summed E-state index contributed by atoms with van der Waals surface area (Å²) < 4.78 is 51.6. The van der Waals surface area contributed by atoms with E-state index in [0.717, 1.165) is 11.8 Å². The van der Waals surface area contributed by atoms with Gasteiger partial charge in [-0.2, -0.15) is 4.99 Å². The van der Waals surface area contributed by atoms with Gasteiger partial charge in [0.2, 0.25) is 0 Å². The lowest BCUT2D eigenvalue weighted by Gasteiger charge is -2.03. The van der Waals surface area contributed by atoms with Crippen LogP contribution in [-0.2, 0) is 0 Å². The van der Waals surface area contributed by atoms with Crippen LogP contribution in [0.2, 0.25) is 0 Å². The zero-order valence-electron chi connectivity index (χ0n) is 9.14. The molecule has 0 aromatic heterocycles. The van der Waals surface area contributed by atoms with Crippen LogP contribution in [0, 0.1) is 23.3 Å². The van der Waals surface area contributed by atoms with Gasteiger partial charge in [-0.05, 0) is 11.8 Å². The van der Waals surface area contributed by atoms with E-state index in [4.69, 9.17) is 5.73 Å². The Hall–Kier alpha value is -1.57. The van der Waals surface area contributed by atoms with E-state index in [1.807, 2.05) is 0 Å². The second-order valence-corrected chi connectivity index (χ2v) is 4.32. The van der Waals surface area contributed by atoms with Crippen molar-refractivity contribution in [3.05, 3.63) is 34.9 Å². The number of carbonyl (C=O) groups excluding carboxylic acids is 1. The molecule has 0 unspecified atom stereocenters. The summed E-state index contributed by atoms with van der Waals surface area (Å²) in [5.41, 5.74) is 4.28. The topological polar surface area (TPSA) is 55.4 Å². The first-order chi connectivity index (χ1) is 8.38. The molecule has 0 bridgehead atoms. The summed E-state index contributed by atoms with van der Waals surface area (Å²) in [6.45, 7) is 1.73. The van der Waals surface area contributed by atoms with Gasteiger partial charge in [-0.1, -0.05) is 18.7 Å². The van der Waals surface area contributed by atoms with Crippen LogP contribution in [-0.4, -0.2) is 16.8 Å². The van der Waals surface area contributed by atoms with Crippen LogP contribution < -0.4 is 5.73 Å². The summed E-state index contributed by atoms with van der Waals surface area (Å²) in [5.74, 6) is -8.27. The molecule has 3 nitrogen and oxygen atoms in total. The van der Waals surface area contributed by atoms with Gasteiger partial charge in [0.15, 0.2) is 28.4 Å². The maximum Gasteiger partial charge on any atom is 0.282 e. The Morgan fingerprint density at radius 2 is 1.89 bits per heavy atom. The van der Waals surface area contributed by atoms with Gasteiger partial charge in [0.1, 0.15) is 0 Å². The van der Waals surface area contributed by atoms with E-state index in [-0.39, 0.29) is 11.2 Å². The lowest BCUT2D eigenvalue weighted by molar-refractivity contribution is 0.0997. The van der Waals surface area contributed by atoms with Crippen LogP contribution in [0.25, 0.3) is 0 Å². The Morgan fingerprint density at radius 1 is 1.28 bits per heavy atom. The van der Waals surface area contributed by atoms with E-state index in [9.17, 15) is 22.4 Å². The molecule has 0 radical (unpaired) electrons. The molecule has 18 heavy (non-hydrogen) atoms. The lowest BCUT2D eigenvalue weighted by atomic mass is 10.2. The first-order valence-corrected chi connectivity index (χ1v) is 5.71. The Labute approximate surface area is 104 Å². The monoisotopic (exact) mass is 280 g/mol. The Morgan fingerprint density at radius 3 is 2.44 bits per heavy atom. The molecule has 1 aromatic rings. The number of amides is 1. The molecule has 1 rings (SSSR count). The number of halogens is 4. The van der Waals surface area contributed by atoms with E-state index in [1.54, 1.807) is 6.92 Å². The second kappa shape index (κ2) is 5.85. The lowest BCUT2D eigenvalue weighted by Crippen LogP contribution is -2.13. The molecule has 0 saturated carbocycles. The van der Waals surface area contributed by atoms with Crippen LogP contribution in [0.3, 0.4) is 0 Å². The minimum atomic E-state index is -2.06. The number of hydrogen-bond acceptors (Lipinski definition) is 2. The molecule has 0 heterocycles. The van der Waals surface area contributed by atoms with Crippen molar-refractivity contribution in [3.63, 3.8) is 0 Å². The van der Waals surface area contributed by atoms with Crippen molar-refractivity contribution in [2.45, 2.75) is 6.92 Å². The predicted octanol–water partition coefficient (Wildman–Crippen LogP) is 2.45. The van der Waals surface area contributed by atoms with Gasteiger partial charge in [0.05, 0.1) is 5.56 Å². The van der Waals surface area contributed by atoms with E-state index >= 15 is 0 Å². The molecule has 8 heteroatoms. The molecule has 0 saturated heterocycles. The molecule has 98 valence electrons. The smallest absolute Gasteiger partial charge is 0.282 e. The van der Waals surface area contributed by atoms with E-state index < -0.39 is 34.7 Å². The van der Waals surface area contributed by atoms with Crippen molar-refractivity contribution in [3.8, 4) is 0 Å². The highest BCUT2D eigenvalue weighted by atomic mass is 32.2. The van der Waals surface area contributed by atoms with Crippen LogP contribution >= 0.6 is 11.8 Å². The summed E-state index contributed by atoms with van der Waals surface area (Å²) >= 11 is 0.995. The van der Waals surface area contributed by atoms with Crippen LogP contribution in [0.5, 0.6) is 0 Å². The number of thioether (sulfide) groups is 1. The zero-order chi connectivity index (χ0) is 13.9. The van der Waals surface area contributed by atoms with E-state index in [2.05, 4.69) is 4.99 Å². The second-order valence-electron chi connectivity index (χ2n) is 3.04. The van der Waals surface area contributed by atoms with Gasteiger partial charge in [-0.25, -0.2) is 17.6 Å². The van der Waals surface area contributed by atoms with Gasteiger partial charge in [0.25, 0.3) is 5.91 Å². The molecular formula is C10H8F4N2OS. The molecule has 0 aliphatic carbocycles. The van der Waals surface area contributed by atoms with Crippen LogP contribution in [0.4, 0.5) is 17.6 Å². The van der Waals surface area contributed by atoms with Crippen molar-refractivity contribution >= 4 is 22.8 Å². The highest BCUT2D eigenvalue weighted by Crippen LogP contribution is 2.19. The van der Waals surface area contributed by atoms with Gasteiger partial charge < -0.3 is 5.73 Å². The fourth-order valence-electron chi connectivity index (χ4n) is 1.07. The average Bonchev–Trinajstić information content (AvgIpc) is 2.31.